The first kappa shape index (κ1) is 19.3. The van der Waals surface area contributed by atoms with Crippen molar-refractivity contribution < 1.29 is 14.3 Å². The van der Waals surface area contributed by atoms with Crippen molar-refractivity contribution in [1.82, 2.24) is 0 Å². The van der Waals surface area contributed by atoms with E-state index in [0.717, 1.165) is 0 Å². The Balaban J connectivity index is 2.66. The zero-order chi connectivity index (χ0) is 18.6. The summed E-state index contributed by atoms with van der Waals surface area (Å²) in [6.45, 7) is 3.78. The first-order chi connectivity index (χ1) is 11.9. The van der Waals surface area contributed by atoms with Gasteiger partial charge in [-0.15, -0.1) is 0 Å². The summed E-state index contributed by atoms with van der Waals surface area (Å²) in [5.41, 5.74) is 0.329. The summed E-state index contributed by atoms with van der Waals surface area (Å²) >= 11 is 4.60. The summed E-state index contributed by atoms with van der Waals surface area (Å²) in [5, 5.41) is 9.72. The van der Waals surface area contributed by atoms with Crippen molar-refractivity contribution in [3.63, 3.8) is 0 Å². The molecule has 0 amide bonds. The molecule has 0 aliphatic rings. The summed E-state index contributed by atoms with van der Waals surface area (Å²) in [6, 6.07) is 13.9. The van der Waals surface area contributed by atoms with Crippen LogP contribution in [0.15, 0.2) is 48.5 Å². The number of carboxylic acid groups (broad SMARTS) is 1. The third kappa shape index (κ3) is 3.38. The number of carbonyl (C=O) groups is 1. The zero-order valence-corrected chi connectivity index (χ0v) is 15.6. The maximum Gasteiger partial charge on any atom is 0.335 e. The van der Waals surface area contributed by atoms with Gasteiger partial charge in [-0.05, 0) is 36.1 Å². The maximum absolute atomic E-state index is 14.3. The highest BCUT2D eigenvalue weighted by molar-refractivity contribution is 7.81. The first-order valence-corrected chi connectivity index (χ1v) is 8.90. The van der Waals surface area contributed by atoms with Crippen LogP contribution >= 0.6 is 12.6 Å². The molecule has 134 valence electrons. The molecule has 0 aliphatic carbocycles. The van der Waals surface area contributed by atoms with Crippen LogP contribution in [0.1, 0.15) is 31.4 Å². The molecule has 3 nitrogen and oxygen atoms in total. The Morgan fingerprint density at radius 2 is 1.88 bits per heavy atom. The predicted octanol–water partition coefficient (Wildman–Crippen LogP) is 4.51. The Kier molecular flexibility index (Phi) is 6.11. The second-order valence-corrected chi connectivity index (χ2v) is 6.67. The topological polar surface area (TPSA) is 40.5 Å². The van der Waals surface area contributed by atoms with Crippen LogP contribution in [0, 0.1) is 5.82 Å². The second kappa shape index (κ2) is 7.91. The number of benzene rings is 2. The SMILES string of the molecule is CCc1ccc(N(C)[C@@](C(=O)O)(c2ccccc2)[C@@H](S)CC)cc1F. The van der Waals surface area contributed by atoms with Crippen molar-refractivity contribution >= 4 is 24.3 Å². The largest absolute Gasteiger partial charge is 0.479 e. The van der Waals surface area contributed by atoms with Gasteiger partial charge in [0.05, 0.1) is 0 Å². The second-order valence-electron chi connectivity index (χ2n) is 6.05. The Morgan fingerprint density at radius 3 is 2.36 bits per heavy atom. The third-order valence-electron chi connectivity index (χ3n) is 4.74. The minimum absolute atomic E-state index is 0.327. The molecule has 0 saturated heterocycles. The standard InChI is InChI=1S/C20H24FNO2S/c1-4-14-11-12-16(13-17(14)21)22(3)20(19(23)24,18(25)5-2)15-9-7-6-8-10-15/h6-13,18,25H,4-5H2,1-3H3,(H,23,24)/t18-,20-/m0/s1. The molecule has 0 fully saturated rings. The van der Waals surface area contributed by atoms with Crippen molar-refractivity contribution in [2.75, 3.05) is 11.9 Å². The fourth-order valence-electron chi connectivity index (χ4n) is 3.24. The van der Waals surface area contributed by atoms with Crippen LogP contribution in [-0.2, 0) is 16.8 Å². The fraction of sp³-hybridized carbons (Fsp3) is 0.350. The number of hydrogen-bond acceptors (Lipinski definition) is 3. The molecular formula is C20H24FNO2S. The molecule has 25 heavy (non-hydrogen) atoms. The number of hydrogen-bond donors (Lipinski definition) is 2. The van der Waals surface area contributed by atoms with E-state index < -0.39 is 16.8 Å². The van der Waals surface area contributed by atoms with Gasteiger partial charge in [0.1, 0.15) is 5.82 Å². The van der Waals surface area contributed by atoms with E-state index in [1.54, 1.807) is 48.3 Å². The number of anilines is 1. The van der Waals surface area contributed by atoms with Crippen LogP contribution in [0.3, 0.4) is 0 Å². The quantitative estimate of drug-likeness (QED) is 0.713. The molecule has 0 spiro atoms. The van der Waals surface area contributed by atoms with Crippen molar-refractivity contribution in [3.05, 3.63) is 65.5 Å². The molecular weight excluding hydrogens is 337 g/mol. The molecule has 5 heteroatoms. The maximum atomic E-state index is 14.3. The number of nitrogens with zero attached hydrogens (tertiary/aromatic N) is 1. The number of aliphatic carboxylic acids is 1. The Bertz CT molecular complexity index is 738. The number of carboxylic acids is 1. The molecule has 0 heterocycles. The molecule has 2 rings (SSSR count). The van der Waals surface area contributed by atoms with Crippen LogP contribution in [-0.4, -0.2) is 23.4 Å². The molecule has 0 unspecified atom stereocenters. The highest BCUT2D eigenvalue weighted by atomic mass is 32.1. The molecule has 0 saturated carbocycles. The number of halogens is 1. The third-order valence-corrected chi connectivity index (χ3v) is 5.48. The molecule has 0 aromatic heterocycles. The summed E-state index contributed by atoms with van der Waals surface area (Å²) in [7, 11) is 1.68. The monoisotopic (exact) mass is 361 g/mol. The fourth-order valence-corrected chi connectivity index (χ4v) is 3.67. The van der Waals surface area contributed by atoms with E-state index in [1.165, 1.54) is 6.07 Å². The van der Waals surface area contributed by atoms with Gasteiger partial charge in [0, 0.05) is 18.0 Å². The van der Waals surface area contributed by atoms with Crippen LogP contribution in [0.25, 0.3) is 0 Å². The summed E-state index contributed by atoms with van der Waals surface area (Å²) in [5.74, 6) is -1.34. The highest BCUT2D eigenvalue weighted by Crippen LogP contribution is 2.39. The molecule has 2 aromatic carbocycles. The van der Waals surface area contributed by atoms with Crippen LogP contribution in [0.5, 0.6) is 0 Å². The van der Waals surface area contributed by atoms with E-state index in [4.69, 9.17) is 0 Å². The first-order valence-electron chi connectivity index (χ1n) is 8.38. The number of thiol groups is 1. The van der Waals surface area contributed by atoms with Crippen LogP contribution in [0.4, 0.5) is 10.1 Å². The minimum atomic E-state index is -1.40. The van der Waals surface area contributed by atoms with E-state index in [9.17, 15) is 14.3 Å². The van der Waals surface area contributed by atoms with Crippen LogP contribution < -0.4 is 4.90 Å². The van der Waals surface area contributed by atoms with E-state index in [2.05, 4.69) is 12.6 Å². The Hall–Kier alpha value is -2.01. The number of rotatable bonds is 7. The van der Waals surface area contributed by atoms with Gasteiger partial charge in [-0.3, -0.25) is 0 Å². The molecule has 0 aliphatic heterocycles. The zero-order valence-electron chi connectivity index (χ0n) is 14.7. The van der Waals surface area contributed by atoms with Gasteiger partial charge in [0.15, 0.2) is 5.54 Å². The van der Waals surface area contributed by atoms with E-state index in [0.29, 0.717) is 29.7 Å². The average Bonchev–Trinajstić information content (AvgIpc) is 2.62. The lowest BCUT2D eigenvalue weighted by Gasteiger charge is -2.43. The van der Waals surface area contributed by atoms with Crippen molar-refractivity contribution in [2.45, 2.75) is 37.5 Å². The number of aryl methyl sites for hydroxylation is 1. The molecule has 2 atom stereocenters. The van der Waals surface area contributed by atoms with Gasteiger partial charge in [-0.2, -0.15) is 12.6 Å². The Labute approximate surface area is 153 Å². The van der Waals surface area contributed by atoms with Crippen molar-refractivity contribution in [3.8, 4) is 0 Å². The summed E-state index contributed by atoms with van der Waals surface area (Å²) < 4.78 is 14.3. The molecule has 1 N–H and O–H groups in total. The van der Waals surface area contributed by atoms with Gasteiger partial charge in [0.25, 0.3) is 0 Å². The predicted molar refractivity (Wildman–Crippen MR) is 103 cm³/mol. The number of likely N-dealkylation sites (N-methyl/N-ethyl adjacent to an activating group) is 1. The lowest BCUT2D eigenvalue weighted by Crippen LogP contribution is -2.56. The van der Waals surface area contributed by atoms with Gasteiger partial charge in [0.2, 0.25) is 0 Å². The highest BCUT2D eigenvalue weighted by Gasteiger charge is 2.49. The van der Waals surface area contributed by atoms with Gasteiger partial charge < -0.3 is 10.0 Å². The lowest BCUT2D eigenvalue weighted by atomic mass is 9.83. The summed E-state index contributed by atoms with van der Waals surface area (Å²) in [6.07, 6.45) is 1.13. The van der Waals surface area contributed by atoms with Gasteiger partial charge >= 0.3 is 5.97 Å². The summed E-state index contributed by atoms with van der Waals surface area (Å²) in [4.78, 5) is 14.1. The van der Waals surface area contributed by atoms with E-state index in [-0.39, 0.29) is 5.82 Å². The lowest BCUT2D eigenvalue weighted by molar-refractivity contribution is -0.143. The minimum Gasteiger partial charge on any atom is -0.479 e. The van der Waals surface area contributed by atoms with Crippen LogP contribution in [0.2, 0.25) is 0 Å². The average molecular weight is 361 g/mol. The normalized spacial score (nSPS) is 14.6. The van der Waals surface area contributed by atoms with Crippen molar-refractivity contribution in [1.29, 1.82) is 0 Å². The van der Waals surface area contributed by atoms with Crippen molar-refractivity contribution in [2.24, 2.45) is 0 Å². The van der Waals surface area contributed by atoms with E-state index in [1.807, 2.05) is 19.9 Å². The van der Waals surface area contributed by atoms with Gasteiger partial charge in [-0.25, -0.2) is 9.18 Å². The van der Waals surface area contributed by atoms with Gasteiger partial charge in [-0.1, -0.05) is 50.2 Å². The van der Waals surface area contributed by atoms with E-state index >= 15 is 0 Å². The molecule has 2 aromatic rings. The Morgan fingerprint density at radius 1 is 1.24 bits per heavy atom. The smallest absolute Gasteiger partial charge is 0.335 e. The molecule has 0 radical (unpaired) electrons. The molecule has 0 bridgehead atoms.